The third-order valence-corrected chi connectivity index (χ3v) is 6.25. The number of carboxylic acids is 1. The molecule has 1 aliphatic heterocycles. The van der Waals surface area contributed by atoms with E-state index in [4.69, 9.17) is 11.5 Å². The number of carbonyl (C=O) groups is 1. The van der Waals surface area contributed by atoms with Gasteiger partial charge in [-0.1, -0.05) is 13.3 Å². The number of pyridine rings is 1. The SMILES string of the molecule is CC[C@H]1CN(c2c(F)c(N)c3c(=O)c(C(=O)O)cn(C4CC4)c3c2F)C[C@H]1CN.Cl. The number of fused-ring (bicyclic) bond motifs is 1. The standard InChI is InChI=1S/C20H24F2N4O3.ClH/c1-2-9-6-25(7-10(9)5-23)18-14(21)16(24)13-17(15(18)22)26(11-3-4-11)8-12(19(13)27)20(28)29;/h8-11H,2-7,23-24H2,1H3,(H,28,29);1H/t9-,10+;/m0./s1. The van der Waals surface area contributed by atoms with Gasteiger partial charge in [-0.05, 0) is 31.2 Å². The van der Waals surface area contributed by atoms with Crippen LogP contribution in [0.15, 0.2) is 11.0 Å². The summed E-state index contributed by atoms with van der Waals surface area (Å²) in [7, 11) is 0. The van der Waals surface area contributed by atoms with Crippen LogP contribution < -0.4 is 21.8 Å². The highest BCUT2D eigenvalue weighted by Gasteiger charge is 2.37. The lowest BCUT2D eigenvalue weighted by Crippen LogP contribution is -2.27. The van der Waals surface area contributed by atoms with Crippen molar-refractivity contribution in [2.75, 3.05) is 30.3 Å². The van der Waals surface area contributed by atoms with Crippen molar-refractivity contribution in [2.45, 2.75) is 32.2 Å². The molecule has 1 aromatic heterocycles. The molecule has 10 heteroatoms. The zero-order chi connectivity index (χ0) is 21.0. The Labute approximate surface area is 178 Å². The minimum atomic E-state index is -1.45. The molecule has 2 aromatic rings. The molecule has 2 heterocycles. The fourth-order valence-electron chi connectivity index (χ4n) is 4.47. The lowest BCUT2D eigenvalue weighted by Gasteiger charge is -2.24. The average molecular weight is 443 g/mol. The van der Waals surface area contributed by atoms with E-state index >= 15 is 8.78 Å². The van der Waals surface area contributed by atoms with Gasteiger partial charge in [-0.25, -0.2) is 13.6 Å². The molecule has 7 nitrogen and oxygen atoms in total. The lowest BCUT2D eigenvalue weighted by atomic mass is 9.94. The molecule has 2 atom stereocenters. The van der Waals surface area contributed by atoms with Crippen molar-refractivity contribution < 1.29 is 18.7 Å². The number of carboxylic acid groups (broad SMARTS) is 1. The van der Waals surface area contributed by atoms with Gasteiger partial charge in [0, 0.05) is 25.3 Å². The van der Waals surface area contributed by atoms with Gasteiger partial charge in [0.25, 0.3) is 0 Å². The highest BCUT2D eigenvalue weighted by atomic mass is 35.5. The molecular formula is C20H25ClF2N4O3. The molecule has 2 aliphatic rings. The quantitative estimate of drug-likeness (QED) is 0.613. The second-order valence-corrected chi connectivity index (χ2v) is 8.00. The summed E-state index contributed by atoms with van der Waals surface area (Å²) < 4.78 is 32.4. The first kappa shape index (κ1) is 22.3. The highest BCUT2D eigenvalue weighted by Crippen LogP contribution is 2.43. The Morgan fingerprint density at radius 2 is 1.87 bits per heavy atom. The van der Waals surface area contributed by atoms with Crippen LogP contribution in [0.4, 0.5) is 20.2 Å². The molecule has 1 saturated carbocycles. The zero-order valence-corrected chi connectivity index (χ0v) is 17.3. The summed E-state index contributed by atoms with van der Waals surface area (Å²) in [6.07, 6.45) is 3.43. The van der Waals surface area contributed by atoms with Crippen molar-refractivity contribution in [3.63, 3.8) is 0 Å². The molecule has 4 rings (SSSR count). The van der Waals surface area contributed by atoms with Gasteiger partial charge >= 0.3 is 5.97 Å². The Morgan fingerprint density at radius 1 is 1.23 bits per heavy atom. The predicted octanol–water partition coefficient (Wildman–Crippen LogP) is 2.74. The number of hydrogen-bond acceptors (Lipinski definition) is 5. The van der Waals surface area contributed by atoms with Crippen LogP contribution in [-0.2, 0) is 0 Å². The number of nitrogens with two attached hydrogens (primary N) is 2. The Kier molecular flexibility index (Phi) is 5.97. The molecule has 0 spiro atoms. The summed E-state index contributed by atoms with van der Waals surface area (Å²) in [6.45, 7) is 3.26. The summed E-state index contributed by atoms with van der Waals surface area (Å²) >= 11 is 0. The van der Waals surface area contributed by atoms with Gasteiger partial charge in [0.05, 0.1) is 16.6 Å². The monoisotopic (exact) mass is 442 g/mol. The van der Waals surface area contributed by atoms with E-state index in [0.717, 1.165) is 25.5 Å². The Morgan fingerprint density at radius 3 is 2.37 bits per heavy atom. The van der Waals surface area contributed by atoms with E-state index in [1.807, 2.05) is 6.92 Å². The van der Waals surface area contributed by atoms with E-state index in [0.29, 0.717) is 19.6 Å². The van der Waals surface area contributed by atoms with Gasteiger partial charge in [0.1, 0.15) is 11.3 Å². The van der Waals surface area contributed by atoms with Crippen LogP contribution in [0, 0.1) is 23.5 Å². The van der Waals surface area contributed by atoms with Crippen molar-refractivity contribution in [1.82, 2.24) is 4.57 Å². The molecule has 164 valence electrons. The van der Waals surface area contributed by atoms with Crippen molar-refractivity contribution in [3.8, 4) is 0 Å². The maximum absolute atomic E-state index is 15.7. The van der Waals surface area contributed by atoms with Gasteiger partial charge in [-0.2, -0.15) is 0 Å². The van der Waals surface area contributed by atoms with Gasteiger partial charge in [0.2, 0.25) is 5.43 Å². The van der Waals surface area contributed by atoms with E-state index in [-0.39, 0.29) is 41.5 Å². The van der Waals surface area contributed by atoms with Crippen LogP contribution in [-0.4, -0.2) is 35.3 Å². The topological polar surface area (TPSA) is 115 Å². The number of rotatable bonds is 5. The summed E-state index contributed by atoms with van der Waals surface area (Å²) in [5.74, 6) is -3.04. The number of nitrogens with zero attached hydrogens (tertiary/aromatic N) is 2. The highest BCUT2D eigenvalue weighted by molar-refractivity contribution is 5.99. The first-order chi connectivity index (χ1) is 13.8. The van der Waals surface area contributed by atoms with E-state index in [1.165, 1.54) is 4.57 Å². The van der Waals surface area contributed by atoms with Gasteiger partial charge in [0.15, 0.2) is 11.6 Å². The summed E-state index contributed by atoms with van der Waals surface area (Å²) in [6, 6.07) is -0.137. The third-order valence-electron chi connectivity index (χ3n) is 6.25. The van der Waals surface area contributed by atoms with Crippen molar-refractivity contribution >= 4 is 40.7 Å². The molecule has 1 aliphatic carbocycles. The minimum absolute atomic E-state index is 0. The first-order valence-corrected chi connectivity index (χ1v) is 9.83. The molecule has 0 amide bonds. The number of hydrogen-bond donors (Lipinski definition) is 3. The van der Waals surface area contributed by atoms with Gasteiger partial charge in [-0.3, -0.25) is 4.79 Å². The number of halogens is 3. The van der Waals surface area contributed by atoms with Crippen LogP contribution in [0.2, 0.25) is 0 Å². The number of benzene rings is 1. The second-order valence-electron chi connectivity index (χ2n) is 8.00. The van der Waals surface area contributed by atoms with Crippen molar-refractivity contribution in [1.29, 1.82) is 0 Å². The molecule has 0 unspecified atom stereocenters. The third kappa shape index (κ3) is 3.30. The number of anilines is 2. The molecule has 1 aromatic carbocycles. The zero-order valence-electron chi connectivity index (χ0n) is 16.5. The van der Waals surface area contributed by atoms with Crippen LogP contribution in [0.5, 0.6) is 0 Å². The van der Waals surface area contributed by atoms with Crippen molar-refractivity contribution in [2.24, 2.45) is 17.6 Å². The maximum atomic E-state index is 15.7. The fraction of sp³-hybridized carbons (Fsp3) is 0.500. The van der Waals surface area contributed by atoms with E-state index < -0.39 is 39.7 Å². The Hall–Kier alpha value is -2.39. The Bertz CT molecular complexity index is 1060. The van der Waals surface area contributed by atoms with Crippen molar-refractivity contribution in [3.05, 3.63) is 33.6 Å². The normalized spacial score (nSPS) is 21.1. The number of aromatic carboxylic acids is 1. The molecule has 5 N–H and O–H groups in total. The maximum Gasteiger partial charge on any atom is 0.341 e. The van der Waals surface area contributed by atoms with Crippen LogP contribution >= 0.6 is 12.4 Å². The molecular weight excluding hydrogens is 418 g/mol. The summed E-state index contributed by atoms with van der Waals surface area (Å²) in [5, 5.41) is 8.95. The first-order valence-electron chi connectivity index (χ1n) is 9.83. The molecule has 0 bridgehead atoms. The molecule has 30 heavy (non-hydrogen) atoms. The van der Waals surface area contributed by atoms with Crippen LogP contribution in [0.3, 0.4) is 0 Å². The number of aromatic nitrogens is 1. The van der Waals surface area contributed by atoms with E-state index in [2.05, 4.69) is 0 Å². The smallest absolute Gasteiger partial charge is 0.341 e. The minimum Gasteiger partial charge on any atom is -0.477 e. The number of nitrogen functional groups attached to an aromatic ring is 1. The Balaban J connectivity index is 0.00000256. The molecule has 1 saturated heterocycles. The lowest BCUT2D eigenvalue weighted by molar-refractivity contribution is 0.0695. The van der Waals surface area contributed by atoms with Gasteiger partial charge in [-0.15, -0.1) is 12.4 Å². The largest absolute Gasteiger partial charge is 0.477 e. The molecule has 0 radical (unpaired) electrons. The van der Waals surface area contributed by atoms with Crippen LogP contribution in [0.25, 0.3) is 10.9 Å². The van der Waals surface area contributed by atoms with E-state index in [1.54, 1.807) is 4.90 Å². The summed E-state index contributed by atoms with van der Waals surface area (Å²) in [5.41, 5.74) is 9.37. The van der Waals surface area contributed by atoms with E-state index in [9.17, 15) is 14.7 Å². The average Bonchev–Trinajstić information content (AvgIpc) is 3.45. The van der Waals surface area contributed by atoms with Crippen LogP contribution in [0.1, 0.15) is 42.6 Å². The predicted molar refractivity (Wildman–Crippen MR) is 114 cm³/mol. The summed E-state index contributed by atoms with van der Waals surface area (Å²) in [4.78, 5) is 25.8. The second kappa shape index (κ2) is 8.03. The fourth-order valence-corrected chi connectivity index (χ4v) is 4.47. The molecule has 2 fully saturated rings. The van der Waals surface area contributed by atoms with Gasteiger partial charge < -0.3 is 26.0 Å².